The first-order valence-electron chi connectivity index (χ1n) is 4.16. The second-order valence-corrected chi connectivity index (χ2v) is 3.79. The van der Waals surface area contributed by atoms with Gasteiger partial charge in [0.25, 0.3) is 5.69 Å². The maximum atomic E-state index is 10.9. The molecule has 2 atom stereocenters. The molecule has 0 spiro atoms. The fourth-order valence-electron chi connectivity index (χ4n) is 1.03. The molecule has 8 heteroatoms. The number of nitro benzene ring substituents is 1. The summed E-state index contributed by atoms with van der Waals surface area (Å²) >= 11 is -2.42. The maximum Gasteiger partial charge on any atom is 0.271 e. The van der Waals surface area contributed by atoms with Crippen LogP contribution in [0.4, 0.5) is 5.69 Å². The first kappa shape index (κ1) is 12.6. The van der Waals surface area contributed by atoms with Crippen LogP contribution in [-0.4, -0.2) is 25.1 Å². The van der Waals surface area contributed by atoms with Crippen molar-refractivity contribution in [3.05, 3.63) is 28.3 Å². The van der Waals surface area contributed by atoms with Gasteiger partial charge in [-0.3, -0.25) is 10.1 Å². The number of nitrogens with zero attached hydrogens (tertiary/aromatic N) is 1. The van der Waals surface area contributed by atoms with Crippen LogP contribution in [0.25, 0.3) is 0 Å². The molecule has 0 fully saturated rings. The van der Waals surface area contributed by atoms with Crippen molar-refractivity contribution in [2.75, 3.05) is 0 Å². The van der Waals surface area contributed by atoms with E-state index < -0.39 is 22.3 Å². The molecule has 0 bridgehead atoms. The molecule has 7 nitrogen and oxygen atoms in total. The van der Waals surface area contributed by atoms with Crippen LogP contribution in [0.15, 0.2) is 23.1 Å². The fraction of sp³-hybridized carbons (Fsp3) is 0.250. The Bertz CT molecular complexity index is 433. The lowest BCUT2D eigenvalue weighted by atomic mass is 10.3. The standard InChI is InChI=1S/C8H9NO6S/c1-5(10)15-7-3-2-6(9(11)12)4-8(7)16(13)14/h2-5,10H,1H3,(H,13,14). The van der Waals surface area contributed by atoms with Gasteiger partial charge in [0.15, 0.2) is 17.4 Å². The van der Waals surface area contributed by atoms with Gasteiger partial charge < -0.3 is 14.4 Å². The second-order valence-electron chi connectivity index (χ2n) is 2.85. The number of hydrogen-bond acceptors (Lipinski definition) is 5. The van der Waals surface area contributed by atoms with Crippen molar-refractivity contribution in [2.24, 2.45) is 0 Å². The van der Waals surface area contributed by atoms with Gasteiger partial charge in [-0.25, -0.2) is 4.21 Å². The van der Waals surface area contributed by atoms with E-state index in [-0.39, 0.29) is 16.3 Å². The van der Waals surface area contributed by atoms with Gasteiger partial charge >= 0.3 is 0 Å². The molecular formula is C8H9NO6S. The SMILES string of the molecule is CC(O)Oc1ccc([N+](=O)[O-])cc1S(=O)O. The zero-order chi connectivity index (χ0) is 12.3. The average molecular weight is 247 g/mol. The van der Waals surface area contributed by atoms with E-state index in [2.05, 4.69) is 0 Å². The summed E-state index contributed by atoms with van der Waals surface area (Å²) in [5.41, 5.74) is -0.324. The molecule has 1 aromatic rings. The highest BCUT2D eigenvalue weighted by atomic mass is 32.2. The Labute approximate surface area is 93.1 Å². The summed E-state index contributed by atoms with van der Waals surface area (Å²) in [6.45, 7) is 1.31. The summed E-state index contributed by atoms with van der Waals surface area (Å²) in [5, 5.41) is 19.4. The Morgan fingerprint density at radius 2 is 2.19 bits per heavy atom. The molecule has 0 heterocycles. The highest BCUT2D eigenvalue weighted by Gasteiger charge is 2.16. The van der Waals surface area contributed by atoms with Crippen molar-refractivity contribution >= 4 is 16.8 Å². The minimum atomic E-state index is -2.42. The number of non-ortho nitro benzene ring substituents is 1. The van der Waals surface area contributed by atoms with Gasteiger partial charge in [-0.1, -0.05) is 0 Å². The summed E-state index contributed by atoms with van der Waals surface area (Å²) in [6, 6.07) is 3.20. The van der Waals surface area contributed by atoms with Gasteiger partial charge in [0, 0.05) is 12.1 Å². The molecule has 1 rings (SSSR count). The lowest BCUT2D eigenvalue weighted by Gasteiger charge is -2.10. The van der Waals surface area contributed by atoms with E-state index in [9.17, 15) is 14.3 Å². The number of ether oxygens (including phenoxy) is 1. The van der Waals surface area contributed by atoms with Crippen molar-refractivity contribution in [1.29, 1.82) is 0 Å². The van der Waals surface area contributed by atoms with Gasteiger partial charge in [0.05, 0.1) is 4.92 Å². The summed E-state index contributed by atoms with van der Waals surface area (Å²) in [7, 11) is 0. The molecule has 0 aliphatic heterocycles. The molecule has 0 aliphatic carbocycles. The molecule has 0 saturated carbocycles. The third kappa shape index (κ3) is 2.99. The predicted octanol–water partition coefficient (Wildman–Crippen LogP) is 0.892. The Balaban J connectivity index is 3.19. The minimum absolute atomic E-state index is 0.0681. The number of benzene rings is 1. The van der Waals surface area contributed by atoms with Crippen LogP contribution in [0.3, 0.4) is 0 Å². The largest absolute Gasteiger partial charge is 0.464 e. The Morgan fingerprint density at radius 3 is 2.62 bits per heavy atom. The third-order valence-corrected chi connectivity index (χ3v) is 2.32. The van der Waals surface area contributed by atoms with Crippen LogP contribution in [0.2, 0.25) is 0 Å². The first-order valence-corrected chi connectivity index (χ1v) is 5.26. The number of rotatable bonds is 4. The van der Waals surface area contributed by atoms with Gasteiger partial charge in [-0.05, 0) is 13.0 Å². The molecule has 2 N–H and O–H groups in total. The quantitative estimate of drug-likeness (QED) is 0.354. The Kier molecular flexibility index (Phi) is 3.93. The normalized spacial score (nSPS) is 14.2. The summed E-state index contributed by atoms with van der Waals surface area (Å²) in [5.74, 6) is -0.0681. The second kappa shape index (κ2) is 5.01. The number of aliphatic hydroxyl groups excluding tert-OH is 1. The van der Waals surface area contributed by atoms with Gasteiger partial charge in [-0.15, -0.1) is 0 Å². The Morgan fingerprint density at radius 1 is 1.56 bits per heavy atom. The lowest BCUT2D eigenvalue weighted by Crippen LogP contribution is -2.11. The van der Waals surface area contributed by atoms with E-state index >= 15 is 0 Å². The minimum Gasteiger partial charge on any atom is -0.464 e. The number of nitro groups is 1. The molecule has 2 unspecified atom stereocenters. The van der Waals surface area contributed by atoms with Crippen molar-refractivity contribution in [2.45, 2.75) is 18.1 Å². The zero-order valence-electron chi connectivity index (χ0n) is 8.19. The van der Waals surface area contributed by atoms with E-state index in [4.69, 9.17) is 14.4 Å². The molecular weight excluding hydrogens is 238 g/mol. The van der Waals surface area contributed by atoms with Gasteiger partial charge in [0.1, 0.15) is 10.6 Å². The summed E-state index contributed by atoms with van der Waals surface area (Å²) in [4.78, 5) is 9.50. The monoisotopic (exact) mass is 247 g/mol. The highest BCUT2D eigenvalue weighted by Crippen LogP contribution is 2.27. The lowest BCUT2D eigenvalue weighted by molar-refractivity contribution is -0.385. The van der Waals surface area contributed by atoms with Gasteiger partial charge in [-0.2, -0.15) is 0 Å². The number of hydrogen-bond donors (Lipinski definition) is 2. The molecule has 0 saturated heterocycles. The van der Waals surface area contributed by atoms with Crippen molar-refractivity contribution in [1.82, 2.24) is 0 Å². The average Bonchev–Trinajstić information content (AvgIpc) is 2.16. The predicted molar refractivity (Wildman–Crippen MR) is 54.4 cm³/mol. The van der Waals surface area contributed by atoms with Crippen molar-refractivity contribution in [3.8, 4) is 5.75 Å². The molecule has 1 aromatic carbocycles. The molecule has 88 valence electrons. The molecule has 0 amide bonds. The molecule has 0 aliphatic rings. The van der Waals surface area contributed by atoms with Gasteiger partial charge in [0.2, 0.25) is 0 Å². The van der Waals surface area contributed by atoms with E-state index in [1.165, 1.54) is 6.92 Å². The van der Waals surface area contributed by atoms with Crippen molar-refractivity contribution < 1.29 is 23.5 Å². The fourth-order valence-corrected chi connectivity index (χ4v) is 1.54. The van der Waals surface area contributed by atoms with Crippen LogP contribution >= 0.6 is 0 Å². The van der Waals surface area contributed by atoms with E-state index in [1.807, 2.05) is 0 Å². The molecule has 16 heavy (non-hydrogen) atoms. The molecule has 0 aromatic heterocycles. The Hall–Kier alpha value is -1.51. The van der Waals surface area contributed by atoms with Crippen LogP contribution in [0.1, 0.15) is 6.92 Å². The smallest absolute Gasteiger partial charge is 0.271 e. The zero-order valence-corrected chi connectivity index (χ0v) is 9.01. The highest BCUT2D eigenvalue weighted by molar-refractivity contribution is 7.79. The topological polar surface area (TPSA) is 110 Å². The van der Waals surface area contributed by atoms with E-state index in [1.54, 1.807) is 0 Å². The molecule has 0 radical (unpaired) electrons. The van der Waals surface area contributed by atoms with E-state index in [0.29, 0.717) is 0 Å². The third-order valence-electron chi connectivity index (χ3n) is 1.62. The van der Waals surface area contributed by atoms with Crippen LogP contribution < -0.4 is 4.74 Å². The van der Waals surface area contributed by atoms with Crippen LogP contribution in [0.5, 0.6) is 5.75 Å². The maximum absolute atomic E-state index is 10.9. The summed E-state index contributed by atoms with van der Waals surface area (Å²) < 4.78 is 24.6. The van der Waals surface area contributed by atoms with Crippen molar-refractivity contribution in [3.63, 3.8) is 0 Å². The van der Waals surface area contributed by atoms with Crippen LogP contribution in [-0.2, 0) is 11.1 Å². The number of aliphatic hydroxyl groups is 1. The summed E-state index contributed by atoms with van der Waals surface area (Å²) in [6.07, 6.45) is -1.18. The first-order chi connectivity index (χ1) is 7.41. The van der Waals surface area contributed by atoms with E-state index in [0.717, 1.165) is 18.2 Å². The van der Waals surface area contributed by atoms with Crippen LogP contribution in [0, 0.1) is 10.1 Å².